The van der Waals surface area contributed by atoms with Crippen molar-refractivity contribution in [1.82, 2.24) is 20.4 Å². The first-order valence-electron chi connectivity index (χ1n) is 7.35. The third kappa shape index (κ3) is 3.31. The molecule has 130 valence electrons. The molecule has 2 heterocycles. The molecule has 0 spiro atoms. The van der Waals surface area contributed by atoms with Gasteiger partial charge in [-0.05, 0) is 31.9 Å². The van der Waals surface area contributed by atoms with E-state index in [9.17, 15) is 18.0 Å². The summed E-state index contributed by atoms with van der Waals surface area (Å²) >= 11 is 0. The van der Waals surface area contributed by atoms with Gasteiger partial charge in [0, 0.05) is 11.8 Å². The summed E-state index contributed by atoms with van der Waals surface area (Å²) in [6, 6.07) is 3.42. The minimum absolute atomic E-state index is 0.0301. The maximum absolute atomic E-state index is 12.7. The van der Waals surface area contributed by atoms with Crippen LogP contribution in [0.4, 0.5) is 13.2 Å². The largest absolute Gasteiger partial charge is 0.433 e. The lowest BCUT2D eigenvalue weighted by Gasteiger charge is -2.11. The van der Waals surface area contributed by atoms with E-state index in [-0.39, 0.29) is 17.3 Å². The normalized spacial score (nSPS) is 16.8. The molecule has 2 aromatic heterocycles. The van der Waals surface area contributed by atoms with Crippen molar-refractivity contribution in [3.8, 4) is 17.5 Å². The number of pyridine rings is 1. The van der Waals surface area contributed by atoms with Gasteiger partial charge in [-0.1, -0.05) is 5.16 Å². The lowest BCUT2D eigenvalue weighted by Crippen LogP contribution is -2.33. The molecule has 3 rings (SSSR count). The van der Waals surface area contributed by atoms with Crippen molar-refractivity contribution in [2.75, 3.05) is 0 Å². The van der Waals surface area contributed by atoms with Gasteiger partial charge in [-0.15, -0.1) is 0 Å². The second-order valence-electron chi connectivity index (χ2n) is 5.77. The number of rotatable bonds is 4. The standard InChI is InChI=1S/C15H12F3N5O2/c1-8(21-13(24)14(7-19)3-4-14)12-22-11(23-25-12)9-2-5-20-10(6-9)15(16,17)18/h2,5-6,8H,3-4H2,1H3,(H,21,24). The van der Waals surface area contributed by atoms with Gasteiger partial charge in [0.25, 0.3) is 0 Å². The number of aromatic nitrogens is 3. The molecule has 10 heteroatoms. The van der Waals surface area contributed by atoms with Gasteiger partial charge in [0.15, 0.2) is 0 Å². The molecule has 7 nitrogen and oxygen atoms in total. The van der Waals surface area contributed by atoms with E-state index < -0.39 is 29.2 Å². The first kappa shape index (κ1) is 16.9. The van der Waals surface area contributed by atoms with E-state index in [0.717, 1.165) is 12.3 Å². The Hall–Kier alpha value is -2.96. The quantitative estimate of drug-likeness (QED) is 0.908. The van der Waals surface area contributed by atoms with Gasteiger partial charge in [0.2, 0.25) is 17.6 Å². The summed E-state index contributed by atoms with van der Waals surface area (Å²) in [5.41, 5.74) is -1.97. The molecule has 1 fully saturated rings. The number of hydrogen-bond donors (Lipinski definition) is 1. The van der Waals surface area contributed by atoms with Gasteiger partial charge in [-0.25, -0.2) is 0 Å². The number of carbonyl (C=O) groups is 1. The van der Waals surface area contributed by atoms with Gasteiger partial charge >= 0.3 is 6.18 Å². The second-order valence-corrected chi connectivity index (χ2v) is 5.77. The number of carbonyl (C=O) groups excluding carboxylic acids is 1. The average molecular weight is 351 g/mol. The molecule has 1 amide bonds. The van der Waals surface area contributed by atoms with Crippen molar-refractivity contribution in [1.29, 1.82) is 5.26 Å². The van der Waals surface area contributed by atoms with Gasteiger partial charge in [-0.3, -0.25) is 9.78 Å². The van der Waals surface area contributed by atoms with Crippen LogP contribution in [0.2, 0.25) is 0 Å². The summed E-state index contributed by atoms with van der Waals surface area (Å²) in [6.45, 7) is 1.58. The van der Waals surface area contributed by atoms with Crippen LogP contribution >= 0.6 is 0 Å². The molecule has 1 saturated carbocycles. The number of nitrogens with one attached hydrogen (secondary N) is 1. The maximum atomic E-state index is 12.7. The Bertz CT molecular complexity index is 851. The molecule has 25 heavy (non-hydrogen) atoms. The molecule has 0 aliphatic heterocycles. The second kappa shape index (κ2) is 5.84. The van der Waals surface area contributed by atoms with Crippen molar-refractivity contribution >= 4 is 5.91 Å². The molecule has 1 unspecified atom stereocenters. The molecule has 0 saturated heterocycles. The Morgan fingerprint density at radius 1 is 1.48 bits per heavy atom. The topological polar surface area (TPSA) is 105 Å². The third-order valence-corrected chi connectivity index (χ3v) is 3.87. The van der Waals surface area contributed by atoms with Crippen LogP contribution < -0.4 is 5.32 Å². The number of halogens is 3. The highest BCUT2D eigenvalue weighted by Crippen LogP contribution is 2.45. The van der Waals surface area contributed by atoms with E-state index in [1.807, 2.05) is 6.07 Å². The summed E-state index contributed by atoms with van der Waals surface area (Å²) in [4.78, 5) is 19.3. The number of amides is 1. The van der Waals surface area contributed by atoms with Crippen molar-refractivity contribution in [2.24, 2.45) is 5.41 Å². The number of alkyl halides is 3. The van der Waals surface area contributed by atoms with E-state index in [1.54, 1.807) is 6.92 Å². The van der Waals surface area contributed by atoms with Gasteiger partial charge in [-0.2, -0.15) is 23.4 Å². The monoisotopic (exact) mass is 351 g/mol. The van der Waals surface area contributed by atoms with Gasteiger partial charge in [0.1, 0.15) is 17.2 Å². The number of hydrogen-bond acceptors (Lipinski definition) is 6. The average Bonchev–Trinajstić information content (AvgIpc) is 3.22. The third-order valence-electron chi connectivity index (χ3n) is 3.87. The highest BCUT2D eigenvalue weighted by atomic mass is 19.4. The van der Waals surface area contributed by atoms with Crippen LogP contribution in [0.25, 0.3) is 11.4 Å². The molecule has 1 atom stereocenters. The lowest BCUT2D eigenvalue weighted by atomic mass is 10.1. The van der Waals surface area contributed by atoms with Crippen molar-refractivity contribution in [3.63, 3.8) is 0 Å². The molecule has 0 radical (unpaired) electrons. The highest BCUT2D eigenvalue weighted by molar-refractivity contribution is 5.88. The summed E-state index contributed by atoms with van der Waals surface area (Å²) in [7, 11) is 0. The number of nitrogens with zero attached hydrogens (tertiary/aromatic N) is 4. The van der Waals surface area contributed by atoms with Crippen LogP contribution in [0.5, 0.6) is 0 Å². The minimum Gasteiger partial charge on any atom is -0.343 e. The Morgan fingerprint density at radius 3 is 2.80 bits per heavy atom. The Kier molecular flexibility index (Phi) is 3.94. The van der Waals surface area contributed by atoms with Gasteiger partial charge < -0.3 is 9.84 Å². The predicted molar refractivity (Wildman–Crippen MR) is 76.4 cm³/mol. The lowest BCUT2D eigenvalue weighted by molar-refractivity contribution is -0.141. The predicted octanol–water partition coefficient (Wildman–Crippen LogP) is 2.63. The fourth-order valence-electron chi connectivity index (χ4n) is 2.16. The van der Waals surface area contributed by atoms with Crippen molar-refractivity contribution in [3.05, 3.63) is 29.9 Å². The van der Waals surface area contributed by atoms with Crippen LogP contribution in [0.3, 0.4) is 0 Å². The van der Waals surface area contributed by atoms with E-state index in [1.165, 1.54) is 6.07 Å². The molecular formula is C15H12F3N5O2. The summed E-state index contributed by atoms with van der Waals surface area (Å²) in [5, 5.41) is 15.2. The van der Waals surface area contributed by atoms with Crippen LogP contribution in [-0.4, -0.2) is 21.0 Å². The Labute approximate surface area is 139 Å². The van der Waals surface area contributed by atoms with Gasteiger partial charge in [0.05, 0.1) is 6.07 Å². The highest BCUT2D eigenvalue weighted by Gasteiger charge is 2.51. The summed E-state index contributed by atoms with van der Waals surface area (Å²) in [5.74, 6) is -0.446. The zero-order valence-electron chi connectivity index (χ0n) is 13.0. The molecule has 0 aromatic carbocycles. The van der Waals surface area contributed by atoms with E-state index in [0.29, 0.717) is 12.8 Å². The van der Waals surface area contributed by atoms with Crippen LogP contribution in [0.1, 0.15) is 37.4 Å². The molecule has 1 N–H and O–H groups in total. The van der Waals surface area contributed by atoms with Crippen molar-refractivity contribution < 1.29 is 22.5 Å². The fourth-order valence-corrected chi connectivity index (χ4v) is 2.16. The zero-order chi connectivity index (χ0) is 18.2. The summed E-state index contributed by atoms with van der Waals surface area (Å²) in [6.07, 6.45) is -2.59. The fraction of sp³-hybridized carbons (Fsp3) is 0.400. The molecule has 1 aliphatic carbocycles. The Morgan fingerprint density at radius 2 is 2.20 bits per heavy atom. The van der Waals surface area contributed by atoms with Crippen LogP contribution in [-0.2, 0) is 11.0 Å². The first-order valence-corrected chi connectivity index (χ1v) is 7.35. The van der Waals surface area contributed by atoms with Crippen LogP contribution in [0, 0.1) is 16.7 Å². The van der Waals surface area contributed by atoms with E-state index in [4.69, 9.17) is 9.78 Å². The maximum Gasteiger partial charge on any atom is 0.433 e. The molecule has 2 aromatic rings. The minimum atomic E-state index is -4.58. The SMILES string of the molecule is CC(NC(=O)C1(C#N)CC1)c1nc(-c2ccnc(C(F)(F)F)c2)no1. The van der Waals surface area contributed by atoms with E-state index in [2.05, 4.69) is 20.4 Å². The molecule has 0 bridgehead atoms. The summed E-state index contributed by atoms with van der Waals surface area (Å²) < 4.78 is 43.1. The molecular weight excluding hydrogens is 339 g/mol. The van der Waals surface area contributed by atoms with Crippen molar-refractivity contribution in [2.45, 2.75) is 32.0 Å². The van der Waals surface area contributed by atoms with E-state index >= 15 is 0 Å². The first-order chi connectivity index (χ1) is 11.7. The molecule has 1 aliphatic rings. The zero-order valence-corrected chi connectivity index (χ0v) is 13.0. The smallest absolute Gasteiger partial charge is 0.343 e. The Balaban J connectivity index is 1.76. The van der Waals surface area contributed by atoms with Crippen LogP contribution in [0.15, 0.2) is 22.9 Å². The number of nitriles is 1.